The number of aryl methyl sites for hydroxylation is 2. The van der Waals surface area contributed by atoms with Crippen molar-refractivity contribution in [3.63, 3.8) is 0 Å². The molecule has 1 aliphatic carbocycles. The second-order valence-corrected chi connectivity index (χ2v) is 8.91. The van der Waals surface area contributed by atoms with Gasteiger partial charge in [-0.2, -0.15) is 0 Å². The third-order valence-electron chi connectivity index (χ3n) is 5.39. The normalized spacial score (nSPS) is 23.7. The van der Waals surface area contributed by atoms with Crippen molar-refractivity contribution >= 4 is 41.3 Å². The van der Waals surface area contributed by atoms with Gasteiger partial charge in [0.05, 0.1) is 12.2 Å². The number of aliphatic imine (C=N–C) groups is 1. The predicted molar refractivity (Wildman–Crippen MR) is 124 cm³/mol. The summed E-state index contributed by atoms with van der Waals surface area (Å²) in [4.78, 5) is 13.0. The van der Waals surface area contributed by atoms with Crippen LogP contribution in [0.15, 0.2) is 4.99 Å². The average molecular weight is 494 g/mol. The van der Waals surface area contributed by atoms with Crippen molar-refractivity contribution in [2.24, 2.45) is 10.9 Å². The van der Waals surface area contributed by atoms with Crippen LogP contribution in [0.3, 0.4) is 0 Å². The van der Waals surface area contributed by atoms with Crippen LogP contribution in [0.2, 0.25) is 0 Å². The molecule has 0 saturated heterocycles. The van der Waals surface area contributed by atoms with Crippen LogP contribution in [0.5, 0.6) is 0 Å². The fraction of sp³-hybridized carbons (Fsp3) is 0.789. The van der Waals surface area contributed by atoms with Crippen LogP contribution in [0.1, 0.15) is 55.1 Å². The molecule has 0 amide bonds. The Balaban J connectivity index is 0.00000338. The highest BCUT2D eigenvalue weighted by Crippen LogP contribution is 2.35. The van der Waals surface area contributed by atoms with Crippen molar-refractivity contribution in [1.82, 2.24) is 20.5 Å². The lowest BCUT2D eigenvalue weighted by Crippen LogP contribution is -2.56. The minimum Gasteiger partial charge on any atom is -0.357 e. The number of nitrogens with one attached hydrogen (secondary N) is 2. The van der Waals surface area contributed by atoms with E-state index in [1.54, 1.807) is 11.3 Å². The third kappa shape index (κ3) is 6.34. The van der Waals surface area contributed by atoms with E-state index in [1.807, 2.05) is 0 Å². The first-order valence-corrected chi connectivity index (χ1v) is 10.3. The Kier molecular flexibility index (Phi) is 9.82. The zero-order chi connectivity index (χ0) is 18.4. The van der Waals surface area contributed by atoms with Gasteiger partial charge in [0, 0.05) is 23.5 Å². The van der Waals surface area contributed by atoms with Gasteiger partial charge in [-0.1, -0.05) is 19.8 Å². The molecule has 1 heterocycles. The minimum absolute atomic E-state index is 0. The van der Waals surface area contributed by atoms with E-state index in [1.165, 1.54) is 30.6 Å². The van der Waals surface area contributed by atoms with Crippen molar-refractivity contribution in [3.05, 3.63) is 15.6 Å². The Morgan fingerprint density at radius 1 is 1.35 bits per heavy atom. The quantitative estimate of drug-likeness (QED) is 0.358. The molecule has 1 aromatic rings. The van der Waals surface area contributed by atoms with Crippen LogP contribution in [0.25, 0.3) is 0 Å². The van der Waals surface area contributed by atoms with Gasteiger partial charge in [0.25, 0.3) is 0 Å². The number of nitrogens with zero attached hydrogens (tertiary/aromatic N) is 3. The minimum atomic E-state index is 0. The van der Waals surface area contributed by atoms with Gasteiger partial charge in [0.1, 0.15) is 5.01 Å². The Morgan fingerprint density at radius 2 is 2.08 bits per heavy atom. The first kappa shape index (κ1) is 23.6. The van der Waals surface area contributed by atoms with Crippen LogP contribution >= 0.6 is 35.3 Å². The molecule has 1 fully saturated rings. The summed E-state index contributed by atoms with van der Waals surface area (Å²) in [6.45, 7) is 11.1. The monoisotopic (exact) mass is 493 g/mol. The molecule has 1 aliphatic rings. The topological polar surface area (TPSA) is 52.6 Å². The van der Waals surface area contributed by atoms with Gasteiger partial charge in [-0.25, -0.2) is 9.98 Å². The molecular formula is C19H36IN5S. The molecule has 0 aromatic carbocycles. The number of halogens is 1. The Morgan fingerprint density at radius 3 is 2.62 bits per heavy atom. The summed E-state index contributed by atoms with van der Waals surface area (Å²) in [6, 6.07) is 0. The highest BCUT2D eigenvalue weighted by atomic mass is 127. The molecule has 2 N–H and O–H groups in total. The zero-order valence-corrected chi connectivity index (χ0v) is 20.3. The molecule has 5 nitrogen and oxygen atoms in total. The molecule has 1 aromatic heterocycles. The van der Waals surface area contributed by atoms with E-state index in [-0.39, 0.29) is 29.5 Å². The summed E-state index contributed by atoms with van der Waals surface area (Å²) in [6.07, 6.45) is 5.16. The molecule has 0 spiro atoms. The smallest absolute Gasteiger partial charge is 0.191 e. The van der Waals surface area contributed by atoms with Crippen molar-refractivity contribution in [2.75, 3.05) is 27.2 Å². The molecule has 0 bridgehead atoms. The lowest BCUT2D eigenvalue weighted by Gasteiger charge is -2.45. The van der Waals surface area contributed by atoms with Gasteiger partial charge in [0.15, 0.2) is 5.96 Å². The van der Waals surface area contributed by atoms with Gasteiger partial charge in [-0.3, -0.25) is 0 Å². The van der Waals surface area contributed by atoms with Crippen LogP contribution in [0, 0.1) is 19.8 Å². The Labute approximate surface area is 180 Å². The van der Waals surface area contributed by atoms with Crippen molar-refractivity contribution < 1.29 is 0 Å². The van der Waals surface area contributed by atoms with Crippen LogP contribution in [-0.2, 0) is 6.54 Å². The molecule has 0 aliphatic heterocycles. The Hall–Kier alpha value is -0.410. The molecule has 26 heavy (non-hydrogen) atoms. The van der Waals surface area contributed by atoms with Crippen LogP contribution in [0.4, 0.5) is 0 Å². The van der Waals surface area contributed by atoms with E-state index in [2.05, 4.69) is 62.3 Å². The highest BCUT2D eigenvalue weighted by molar-refractivity contribution is 14.0. The third-order valence-corrected chi connectivity index (χ3v) is 6.45. The molecule has 2 atom stereocenters. The van der Waals surface area contributed by atoms with E-state index < -0.39 is 0 Å². The predicted octanol–water partition coefficient (Wildman–Crippen LogP) is 3.94. The second kappa shape index (κ2) is 10.8. The molecule has 150 valence electrons. The number of hydrogen-bond acceptors (Lipinski definition) is 4. The van der Waals surface area contributed by atoms with Crippen molar-refractivity contribution in [1.29, 1.82) is 0 Å². The van der Waals surface area contributed by atoms with Crippen LogP contribution in [-0.4, -0.2) is 48.6 Å². The largest absolute Gasteiger partial charge is 0.357 e. The fourth-order valence-electron chi connectivity index (χ4n) is 3.70. The number of thiazole rings is 1. The van der Waals surface area contributed by atoms with Crippen LogP contribution < -0.4 is 10.6 Å². The lowest BCUT2D eigenvalue weighted by molar-refractivity contribution is 0.0795. The van der Waals surface area contributed by atoms with Gasteiger partial charge >= 0.3 is 0 Å². The molecule has 0 radical (unpaired) electrons. The average Bonchev–Trinajstić information content (AvgIpc) is 2.88. The number of aromatic nitrogens is 1. The van der Waals surface area contributed by atoms with Gasteiger partial charge in [-0.05, 0) is 53.6 Å². The lowest BCUT2D eigenvalue weighted by atomic mass is 9.75. The maximum atomic E-state index is 4.76. The zero-order valence-electron chi connectivity index (χ0n) is 17.2. The van der Waals surface area contributed by atoms with Gasteiger partial charge in [-0.15, -0.1) is 35.3 Å². The molecule has 2 rings (SSSR count). The SMILES string of the molecule is CCNC(=NCc1nc(C)c(C)s1)NCC1(N(C)C)CCCC(C)C1.I. The Bertz CT molecular complexity index is 567. The summed E-state index contributed by atoms with van der Waals surface area (Å²) < 4.78 is 0. The second-order valence-electron chi connectivity index (χ2n) is 7.62. The van der Waals surface area contributed by atoms with E-state index >= 15 is 0 Å². The summed E-state index contributed by atoms with van der Waals surface area (Å²) in [5.74, 6) is 1.69. The number of guanidine groups is 1. The van der Waals surface area contributed by atoms with Crippen molar-refractivity contribution in [3.8, 4) is 0 Å². The molecular weight excluding hydrogens is 457 g/mol. The van der Waals surface area contributed by atoms with E-state index in [4.69, 9.17) is 4.99 Å². The van der Waals surface area contributed by atoms with E-state index in [0.29, 0.717) is 6.54 Å². The summed E-state index contributed by atoms with van der Waals surface area (Å²) in [7, 11) is 4.43. The van der Waals surface area contributed by atoms with E-state index in [9.17, 15) is 0 Å². The standard InChI is InChI=1S/C19H35N5S.HI/c1-7-20-18(21-12-17-23-15(3)16(4)25-17)22-13-19(24(5)6)10-8-9-14(2)11-19;/h14H,7-13H2,1-6H3,(H2,20,21,22);1H. The summed E-state index contributed by atoms with van der Waals surface area (Å²) in [5, 5.41) is 8.06. The maximum absolute atomic E-state index is 4.76. The van der Waals surface area contributed by atoms with Gasteiger partial charge in [0.2, 0.25) is 0 Å². The molecule has 7 heteroatoms. The first-order chi connectivity index (χ1) is 11.9. The van der Waals surface area contributed by atoms with Gasteiger partial charge < -0.3 is 15.5 Å². The maximum Gasteiger partial charge on any atom is 0.191 e. The highest BCUT2D eigenvalue weighted by Gasteiger charge is 2.36. The number of likely N-dealkylation sites (N-methyl/N-ethyl adjacent to an activating group) is 1. The van der Waals surface area contributed by atoms with Crippen molar-refractivity contribution in [2.45, 2.75) is 65.5 Å². The number of rotatable bonds is 6. The number of hydrogen-bond donors (Lipinski definition) is 2. The summed E-state index contributed by atoms with van der Waals surface area (Å²) in [5.41, 5.74) is 1.35. The summed E-state index contributed by atoms with van der Waals surface area (Å²) >= 11 is 1.74. The molecule has 1 saturated carbocycles. The van der Waals surface area contributed by atoms with E-state index in [0.717, 1.165) is 35.7 Å². The fourth-order valence-corrected chi connectivity index (χ4v) is 4.56. The molecule has 2 unspecified atom stereocenters. The first-order valence-electron chi connectivity index (χ1n) is 9.49.